The summed E-state index contributed by atoms with van der Waals surface area (Å²) in [5.41, 5.74) is 0. The summed E-state index contributed by atoms with van der Waals surface area (Å²) in [4.78, 5) is 17.4. The lowest BCUT2D eigenvalue weighted by atomic mass is 9.89. The Balaban J connectivity index is 1.47. The van der Waals surface area contributed by atoms with Crippen molar-refractivity contribution in [3.8, 4) is 0 Å². The minimum atomic E-state index is -0.203. The first-order valence-electron chi connectivity index (χ1n) is 9.45. The summed E-state index contributed by atoms with van der Waals surface area (Å²) in [7, 11) is 0. The maximum atomic E-state index is 12.7. The Kier molecular flexibility index (Phi) is 5.75. The summed E-state index contributed by atoms with van der Waals surface area (Å²) < 4.78 is 0. The molecule has 4 nitrogen and oxygen atoms in total. The van der Waals surface area contributed by atoms with Crippen molar-refractivity contribution in [2.75, 3.05) is 26.2 Å². The lowest BCUT2D eigenvalue weighted by molar-refractivity contribution is -0.137. The van der Waals surface area contributed by atoms with E-state index in [0.717, 1.165) is 64.3 Å². The zero-order chi connectivity index (χ0) is 15.4. The standard InChI is InChI=1S/C18H32N2O2/c21-17-7-4-11-20(14-10-17)18(22)15-8-12-19(13-9-15)16-5-2-1-3-6-16/h15-17,21H,1-14H2/t17-/m1/s1. The van der Waals surface area contributed by atoms with Crippen LogP contribution in [-0.4, -0.2) is 59.1 Å². The molecule has 3 fully saturated rings. The number of aliphatic hydroxyl groups excluding tert-OH is 1. The Morgan fingerprint density at radius 3 is 2.23 bits per heavy atom. The zero-order valence-corrected chi connectivity index (χ0v) is 13.9. The van der Waals surface area contributed by atoms with Crippen molar-refractivity contribution in [2.45, 2.75) is 76.4 Å². The van der Waals surface area contributed by atoms with Gasteiger partial charge in [-0.05, 0) is 58.0 Å². The predicted molar refractivity (Wildman–Crippen MR) is 87.6 cm³/mol. The van der Waals surface area contributed by atoms with Crippen LogP contribution >= 0.6 is 0 Å². The molecule has 1 aliphatic carbocycles. The molecular weight excluding hydrogens is 276 g/mol. The van der Waals surface area contributed by atoms with Gasteiger partial charge >= 0.3 is 0 Å². The van der Waals surface area contributed by atoms with Crippen molar-refractivity contribution in [2.24, 2.45) is 5.92 Å². The van der Waals surface area contributed by atoms with Crippen LogP contribution in [0.1, 0.15) is 64.2 Å². The fraction of sp³-hybridized carbons (Fsp3) is 0.944. The first-order valence-corrected chi connectivity index (χ1v) is 9.45. The highest BCUT2D eigenvalue weighted by molar-refractivity contribution is 5.79. The van der Waals surface area contributed by atoms with Crippen LogP contribution in [0.3, 0.4) is 0 Å². The number of nitrogens with zero attached hydrogens (tertiary/aromatic N) is 2. The molecule has 3 rings (SSSR count). The van der Waals surface area contributed by atoms with E-state index < -0.39 is 0 Å². The predicted octanol–water partition coefficient (Wildman–Crippen LogP) is 2.40. The van der Waals surface area contributed by atoms with Gasteiger partial charge in [0.05, 0.1) is 6.10 Å². The lowest BCUT2D eigenvalue weighted by Gasteiger charge is -2.39. The van der Waals surface area contributed by atoms with Gasteiger partial charge in [0.25, 0.3) is 0 Å². The lowest BCUT2D eigenvalue weighted by Crippen LogP contribution is -2.46. The van der Waals surface area contributed by atoms with Crippen molar-refractivity contribution < 1.29 is 9.90 Å². The van der Waals surface area contributed by atoms with Crippen LogP contribution in [0.2, 0.25) is 0 Å². The summed E-state index contributed by atoms with van der Waals surface area (Å²) in [6.07, 6.45) is 11.3. The first-order chi connectivity index (χ1) is 10.7. The Bertz CT molecular complexity index is 360. The minimum absolute atomic E-state index is 0.203. The van der Waals surface area contributed by atoms with E-state index >= 15 is 0 Å². The smallest absolute Gasteiger partial charge is 0.225 e. The van der Waals surface area contributed by atoms with E-state index in [9.17, 15) is 9.90 Å². The molecule has 0 aromatic rings. The maximum Gasteiger partial charge on any atom is 0.225 e. The molecule has 0 aromatic heterocycles. The first kappa shape index (κ1) is 16.3. The summed E-state index contributed by atoms with van der Waals surface area (Å²) in [5.74, 6) is 0.590. The van der Waals surface area contributed by atoms with E-state index in [1.54, 1.807) is 0 Å². The van der Waals surface area contributed by atoms with Crippen LogP contribution in [0.25, 0.3) is 0 Å². The molecule has 1 atom stereocenters. The monoisotopic (exact) mass is 308 g/mol. The summed E-state index contributed by atoms with van der Waals surface area (Å²) >= 11 is 0. The van der Waals surface area contributed by atoms with E-state index in [0.29, 0.717) is 5.91 Å². The number of likely N-dealkylation sites (tertiary alicyclic amines) is 2. The molecular formula is C18H32N2O2. The Labute approximate surface area is 134 Å². The Hall–Kier alpha value is -0.610. The van der Waals surface area contributed by atoms with E-state index in [2.05, 4.69) is 4.90 Å². The molecule has 1 N–H and O–H groups in total. The third kappa shape index (κ3) is 4.02. The number of piperidine rings is 1. The summed E-state index contributed by atoms with van der Waals surface area (Å²) in [5, 5.41) is 9.73. The third-order valence-corrected chi connectivity index (χ3v) is 5.98. The number of rotatable bonds is 2. The van der Waals surface area contributed by atoms with E-state index in [1.165, 1.54) is 32.1 Å². The normalized spacial score (nSPS) is 30.2. The quantitative estimate of drug-likeness (QED) is 0.852. The van der Waals surface area contributed by atoms with Crippen LogP contribution in [-0.2, 0) is 4.79 Å². The highest BCUT2D eigenvalue weighted by Crippen LogP contribution is 2.28. The molecule has 0 spiro atoms. The summed E-state index contributed by atoms with van der Waals surface area (Å²) in [6.45, 7) is 3.82. The highest BCUT2D eigenvalue weighted by Gasteiger charge is 2.32. The molecule has 0 unspecified atom stereocenters. The van der Waals surface area contributed by atoms with Gasteiger partial charge in [0.2, 0.25) is 5.91 Å². The molecule has 0 aromatic carbocycles. The SMILES string of the molecule is O=C(C1CCN(C2CCCCC2)CC1)N1CCC[C@@H](O)CC1. The van der Waals surface area contributed by atoms with Gasteiger partial charge < -0.3 is 14.9 Å². The van der Waals surface area contributed by atoms with Crippen molar-refractivity contribution in [3.63, 3.8) is 0 Å². The second kappa shape index (κ2) is 7.78. The molecule has 2 saturated heterocycles. The van der Waals surface area contributed by atoms with Gasteiger partial charge in [-0.2, -0.15) is 0 Å². The zero-order valence-electron chi connectivity index (χ0n) is 13.9. The molecule has 126 valence electrons. The topological polar surface area (TPSA) is 43.8 Å². The van der Waals surface area contributed by atoms with Crippen molar-refractivity contribution >= 4 is 5.91 Å². The molecule has 1 saturated carbocycles. The molecule has 3 aliphatic rings. The number of hydrogen-bond acceptors (Lipinski definition) is 3. The molecule has 0 bridgehead atoms. The molecule has 1 amide bonds. The Morgan fingerprint density at radius 2 is 1.50 bits per heavy atom. The Morgan fingerprint density at radius 1 is 0.773 bits per heavy atom. The van der Waals surface area contributed by atoms with E-state index in [1.807, 2.05) is 4.90 Å². The number of hydrogen-bond donors (Lipinski definition) is 1. The van der Waals surface area contributed by atoms with Crippen molar-refractivity contribution in [1.82, 2.24) is 9.80 Å². The van der Waals surface area contributed by atoms with Gasteiger partial charge in [-0.1, -0.05) is 19.3 Å². The van der Waals surface area contributed by atoms with Crippen LogP contribution in [0.15, 0.2) is 0 Å². The van der Waals surface area contributed by atoms with Gasteiger partial charge in [0.15, 0.2) is 0 Å². The van der Waals surface area contributed by atoms with E-state index in [4.69, 9.17) is 0 Å². The fourth-order valence-corrected chi connectivity index (χ4v) is 4.52. The van der Waals surface area contributed by atoms with Crippen LogP contribution in [0.5, 0.6) is 0 Å². The minimum Gasteiger partial charge on any atom is -0.393 e. The molecule has 0 radical (unpaired) electrons. The van der Waals surface area contributed by atoms with Gasteiger partial charge in [0.1, 0.15) is 0 Å². The highest BCUT2D eigenvalue weighted by atomic mass is 16.3. The van der Waals surface area contributed by atoms with Crippen LogP contribution < -0.4 is 0 Å². The average molecular weight is 308 g/mol. The van der Waals surface area contributed by atoms with E-state index in [-0.39, 0.29) is 12.0 Å². The third-order valence-electron chi connectivity index (χ3n) is 5.98. The summed E-state index contributed by atoms with van der Waals surface area (Å²) in [6, 6.07) is 0.790. The largest absolute Gasteiger partial charge is 0.393 e. The van der Waals surface area contributed by atoms with Gasteiger partial charge in [-0.15, -0.1) is 0 Å². The number of carbonyl (C=O) groups excluding carboxylic acids is 1. The van der Waals surface area contributed by atoms with Gasteiger partial charge in [-0.3, -0.25) is 4.79 Å². The van der Waals surface area contributed by atoms with Crippen LogP contribution in [0.4, 0.5) is 0 Å². The van der Waals surface area contributed by atoms with Gasteiger partial charge in [-0.25, -0.2) is 0 Å². The molecule has 22 heavy (non-hydrogen) atoms. The fourth-order valence-electron chi connectivity index (χ4n) is 4.52. The maximum absolute atomic E-state index is 12.7. The molecule has 2 aliphatic heterocycles. The second-order valence-electron chi connectivity index (χ2n) is 7.51. The van der Waals surface area contributed by atoms with Gasteiger partial charge in [0, 0.05) is 25.0 Å². The van der Waals surface area contributed by atoms with Crippen molar-refractivity contribution in [3.05, 3.63) is 0 Å². The van der Waals surface area contributed by atoms with Crippen molar-refractivity contribution in [1.29, 1.82) is 0 Å². The molecule has 2 heterocycles. The number of amides is 1. The van der Waals surface area contributed by atoms with Crippen LogP contribution in [0, 0.1) is 5.92 Å². The number of carbonyl (C=O) groups is 1. The second-order valence-corrected chi connectivity index (χ2v) is 7.51. The average Bonchev–Trinajstić information content (AvgIpc) is 2.80. The molecule has 4 heteroatoms. The number of aliphatic hydroxyl groups is 1.